The van der Waals surface area contributed by atoms with Crippen LogP contribution in [0.15, 0.2) is 24.3 Å². The van der Waals surface area contributed by atoms with Crippen LogP contribution in [0.25, 0.3) is 0 Å². The zero-order valence-electron chi connectivity index (χ0n) is 23.8. The number of rotatable bonds is 15. The predicted octanol–water partition coefficient (Wildman–Crippen LogP) is 6.05. The van der Waals surface area contributed by atoms with Gasteiger partial charge in [0.25, 0.3) is 0 Å². The molecule has 11 heteroatoms. The van der Waals surface area contributed by atoms with E-state index in [1.807, 2.05) is 13.8 Å². The molecule has 41 heavy (non-hydrogen) atoms. The fourth-order valence-corrected chi connectivity index (χ4v) is 4.63. The van der Waals surface area contributed by atoms with Crippen LogP contribution in [0.5, 0.6) is 17.2 Å². The van der Waals surface area contributed by atoms with E-state index in [-0.39, 0.29) is 78.2 Å². The van der Waals surface area contributed by atoms with Gasteiger partial charge >= 0.3 is 5.97 Å². The van der Waals surface area contributed by atoms with Crippen molar-refractivity contribution in [1.82, 2.24) is 4.90 Å². The van der Waals surface area contributed by atoms with Gasteiger partial charge < -0.3 is 24.2 Å². The van der Waals surface area contributed by atoms with Crippen molar-refractivity contribution in [3.05, 3.63) is 52.3 Å². The third kappa shape index (κ3) is 7.97. The molecule has 0 aromatic heterocycles. The number of ketones is 1. The average Bonchev–Trinajstić information content (AvgIpc) is 3.20. The van der Waals surface area contributed by atoms with Gasteiger partial charge in [0, 0.05) is 35.9 Å². The van der Waals surface area contributed by atoms with Gasteiger partial charge in [-0.25, -0.2) is 4.39 Å². The number of nitrogens with zero attached hydrogens (tertiary/aromatic N) is 2. The van der Waals surface area contributed by atoms with E-state index >= 15 is 4.39 Å². The molecule has 0 radical (unpaired) electrons. The Kier molecular flexibility index (Phi) is 12.1. The maximum Gasteiger partial charge on any atom is 0.303 e. The summed E-state index contributed by atoms with van der Waals surface area (Å²) in [6.07, 6.45) is 1.28. The van der Waals surface area contributed by atoms with Crippen molar-refractivity contribution in [2.45, 2.75) is 65.3 Å². The SMILES string of the molecule is Br.CCOc1cc2c(c(F)c1OCC)C(=N)N(CC(=O)c1ccc(OCCCCC(=O)O)c(C(C)(C)CC#N)c1)C2. The van der Waals surface area contributed by atoms with E-state index in [4.69, 9.17) is 24.7 Å². The van der Waals surface area contributed by atoms with Gasteiger partial charge in [-0.1, -0.05) is 13.8 Å². The molecule has 0 saturated carbocycles. The van der Waals surface area contributed by atoms with Crippen LogP contribution < -0.4 is 14.2 Å². The zero-order valence-corrected chi connectivity index (χ0v) is 25.6. The van der Waals surface area contributed by atoms with Gasteiger partial charge in [-0.15, -0.1) is 17.0 Å². The normalized spacial score (nSPS) is 12.3. The summed E-state index contributed by atoms with van der Waals surface area (Å²) in [6.45, 7) is 8.19. The summed E-state index contributed by atoms with van der Waals surface area (Å²) in [5, 5.41) is 26.8. The molecule has 1 aliphatic rings. The quantitative estimate of drug-likeness (QED) is 0.179. The highest BCUT2D eigenvalue weighted by molar-refractivity contribution is 8.93. The Balaban J connectivity index is 0.00000588. The van der Waals surface area contributed by atoms with Gasteiger partial charge in [-0.05, 0) is 56.5 Å². The highest BCUT2D eigenvalue weighted by Crippen LogP contribution is 2.39. The molecule has 1 heterocycles. The number of benzene rings is 2. The fraction of sp³-hybridized carbons (Fsp3) is 0.467. The Morgan fingerprint density at radius 2 is 1.83 bits per heavy atom. The first-order valence-electron chi connectivity index (χ1n) is 13.4. The van der Waals surface area contributed by atoms with E-state index in [9.17, 15) is 14.9 Å². The molecule has 2 N–H and O–H groups in total. The Bertz CT molecular complexity index is 1320. The molecular formula is C30H37BrFN3O6. The lowest BCUT2D eigenvalue weighted by atomic mass is 9.80. The minimum absolute atomic E-state index is 0. The molecule has 0 unspecified atom stereocenters. The molecule has 0 bridgehead atoms. The molecule has 0 atom stereocenters. The lowest BCUT2D eigenvalue weighted by Gasteiger charge is -2.26. The number of ether oxygens (including phenoxy) is 3. The standard InChI is InChI=1S/C30H36FN3O6.BrH/c1-5-38-24-16-20-17-34(29(33)26(20)27(31)28(24)39-6-2)18-22(35)19-10-11-23(40-14-8-7-9-25(36)37)21(15-19)30(3,4)12-13-32;/h10-11,15-16,33H,5-9,12,14,17-18H2,1-4H3,(H,36,37);1H. The van der Waals surface area contributed by atoms with Crippen LogP contribution in [0.4, 0.5) is 4.39 Å². The van der Waals surface area contributed by atoms with Crippen LogP contribution in [0.2, 0.25) is 0 Å². The topological polar surface area (TPSA) is 133 Å². The molecule has 2 aromatic carbocycles. The van der Waals surface area contributed by atoms with Crippen LogP contribution in [0.3, 0.4) is 0 Å². The molecule has 1 aliphatic heterocycles. The number of fused-ring (bicyclic) bond motifs is 1. The minimum Gasteiger partial charge on any atom is -0.493 e. The molecule has 9 nitrogen and oxygen atoms in total. The number of carbonyl (C=O) groups excluding carboxylic acids is 1. The summed E-state index contributed by atoms with van der Waals surface area (Å²) in [7, 11) is 0. The monoisotopic (exact) mass is 633 g/mol. The van der Waals surface area contributed by atoms with Crippen LogP contribution in [0.1, 0.15) is 80.4 Å². The first-order chi connectivity index (χ1) is 19.0. The van der Waals surface area contributed by atoms with Gasteiger partial charge in [0.1, 0.15) is 11.6 Å². The van der Waals surface area contributed by atoms with E-state index in [2.05, 4.69) is 6.07 Å². The summed E-state index contributed by atoms with van der Waals surface area (Å²) in [5.74, 6) is -1.14. The summed E-state index contributed by atoms with van der Waals surface area (Å²) >= 11 is 0. The first kappa shape index (κ1) is 33.6. The number of aliphatic carboxylic acids is 1. The molecule has 3 rings (SSSR count). The number of halogens is 2. The number of carboxylic acid groups (broad SMARTS) is 1. The molecule has 2 aromatic rings. The van der Waals surface area contributed by atoms with Crippen molar-refractivity contribution in [2.24, 2.45) is 0 Å². The van der Waals surface area contributed by atoms with Crippen molar-refractivity contribution in [2.75, 3.05) is 26.4 Å². The fourth-order valence-electron chi connectivity index (χ4n) is 4.63. The third-order valence-electron chi connectivity index (χ3n) is 6.70. The second-order valence-electron chi connectivity index (χ2n) is 10.2. The molecule has 0 saturated heterocycles. The Hall–Kier alpha value is -3.65. The van der Waals surface area contributed by atoms with Gasteiger partial charge in [0.2, 0.25) is 0 Å². The Labute approximate surface area is 250 Å². The van der Waals surface area contributed by atoms with E-state index in [0.717, 1.165) is 0 Å². The zero-order chi connectivity index (χ0) is 29.4. The number of nitrogens with one attached hydrogen (secondary N) is 1. The number of amidine groups is 1. The van der Waals surface area contributed by atoms with Crippen molar-refractivity contribution in [3.63, 3.8) is 0 Å². The van der Waals surface area contributed by atoms with Crippen molar-refractivity contribution in [1.29, 1.82) is 10.7 Å². The summed E-state index contributed by atoms with van der Waals surface area (Å²) < 4.78 is 32.4. The van der Waals surface area contributed by atoms with Crippen LogP contribution in [-0.4, -0.2) is 54.0 Å². The van der Waals surface area contributed by atoms with Crippen LogP contribution in [0, 0.1) is 22.6 Å². The number of carboxylic acids is 1. The average molecular weight is 635 g/mol. The molecule has 0 amide bonds. The summed E-state index contributed by atoms with van der Waals surface area (Å²) in [4.78, 5) is 25.6. The maximum atomic E-state index is 15.4. The molecular weight excluding hydrogens is 597 g/mol. The second kappa shape index (κ2) is 14.8. The van der Waals surface area contributed by atoms with Gasteiger partial charge in [-0.3, -0.25) is 15.0 Å². The van der Waals surface area contributed by atoms with Crippen molar-refractivity contribution < 1.29 is 33.3 Å². The van der Waals surface area contributed by atoms with Crippen LogP contribution in [-0.2, 0) is 16.8 Å². The largest absolute Gasteiger partial charge is 0.493 e. The number of hydrogen-bond donors (Lipinski definition) is 2. The Morgan fingerprint density at radius 1 is 1.12 bits per heavy atom. The number of unbranched alkanes of at least 4 members (excludes halogenated alkanes) is 1. The summed E-state index contributed by atoms with van der Waals surface area (Å²) in [5.41, 5.74) is 1.10. The number of carbonyl (C=O) groups is 2. The maximum absolute atomic E-state index is 15.4. The number of hydrogen-bond acceptors (Lipinski definition) is 7. The molecule has 0 aliphatic carbocycles. The Morgan fingerprint density at radius 3 is 2.46 bits per heavy atom. The molecule has 0 spiro atoms. The predicted molar refractivity (Wildman–Crippen MR) is 157 cm³/mol. The number of nitriles is 1. The smallest absolute Gasteiger partial charge is 0.303 e. The van der Waals surface area contributed by atoms with E-state index in [1.54, 1.807) is 38.1 Å². The highest BCUT2D eigenvalue weighted by Gasteiger charge is 2.33. The lowest BCUT2D eigenvalue weighted by Crippen LogP contribution is -2.30. The second-order valence-corrected chi connectivity index (χ2v) is 10.2. The van der Waals surface area contributed by atoms with Gasteiger partial charge in [0.05, 0.1) is 38.0 Å². The van der Waals surface area contributed by atoms with E-state index < -0.39 is 17.2 Å². The van der Waals surface area contributed by atoms with E-state index in [1.165, 1.54) is 4.90 Å². The first-order valence-corrected chi connectivity index (χ1v) is 13.4. The number of Topliss-reactive ketones (excluding diaryl/α,β-unsaturated/α-hetero) is 1. The van der Waals surface area contributed by atoms with Gasteiger partial charge in [0.15, 0.2) is 23.1 Å². The van der Waals surface area contributed by atoms with Gasteiger partial charge in [-0.2, -0.15) is 5.26 Å². The van der Waals surface area contributed by atoms with E-state index in [0.29, 0.717) is 48.5 Å². The summed E-state index contributed by atoms with van der Waals surface area (Å²) in [6, 6.07) is 8.87. The van der Waals surface area contributed by atoms with Crippen molar-refractivity contribution >= 4 is 34.6 Å². The molecule has 0 fully saturated rings. The lowest BCUT2D eigenvalue weighted by molar-refractivity contribution is -0.137. The molecule has 222 valence electrons. The highest BCUT2D eigenvalue weighted by atomic mass is 79.9. The minimum atomic E-state index is -0.861. The third-order valence-corrected chi connectivity index (χ3v) is 6.70. The van der Waals surface area contributed by atoms with Crippen LogP contribution >= 0.6 is 17.0 Å². The van der Waals surface area contributed by atoms with Crippen molar-refractivity contribution in [3.8, 4) is 23.3 Å².